The van der Waals surface area contributed by atoms with Crippen LogP contribution < -0.4 is 0 Å². The van der Waals surface area contributed by atoms with E-state index in [4.69, 9.17) is 14.5 Å². The van der Waals surface area contributed by atoms with Crippen molar-refractivity contribution >= 4 is 0 Å². The molecule has 1 fully saturated rings. The molecule has 0 bridgehead atoms. The molecule has 0 atom stereocenters. The normalized spacial score (nSPS) is 17.5. The first kappa shape index (κ1) is 11.9. The Balaban J connectivity index is 1.93. The zero-order valence-electron chi connectivity index (χ0n) is 10.6. The first-order chi connectivity index (χ1) is 9.27. The SMILES string of the molecule is COC1(c2noc(-c3cc(C#N)c[nH]3)n2)CCCC1. The number of methoxy groups -OCH3 is 1. The molecule has 0 saturated heterocycles. The minimum Gasteiger partial charge on any atom is -0.370 e. The van der Waals surface area contributed by atoms with Crippen LogP contribution in [0.2, 0.25) is 0 Å². The second-order valence-corrected chi connectivity index (χ2v) is 4.74. The summed E-state index contributed by atoms with van der Waals surface area (Å²) >= 11 is 0. The average Bonchev–Trinajstić information content (AvgIpc) is 3.17. The molecule has 0 spiro atoms. The Kier molecular flexibility index (Phi) is 2.84. The number of aromatic amines is 1. The molecule has 1 saturated carbocycles. The third-order valence-corrected chi connectivity index (χ3v) is 3.68. The maximum atomic E-state index is 8.80. The van der Waals surface area contributed by atoms with Gasteiger partial charge in [0.1, 0.15) is 17.4 Å². The lowest BCUT2D eigenvalue weighted by molar-refractivity contribution is -0.0178. The third-order valence-electron chi connectivity index (χ3n) is 3.68. The third kappa shape index (κ3) is 1.92. The van der Waals surface area contributed by atoms with Crippen molar-refractivity contribution in [3.8, 4) is 17.7 Å². The zero-order chi connectivity index (χ0) is 13.3. The molecular weight excluding hydrogens is 244 g/mol. The second-order valence-electron chi connectivity index (χ2n) is 4.74. The molecule has 1 N–H and O–H groups in total. The van der Waals surface area contributed by atoms with Gasteiger partial charge in [0.25, 0.3) is 5.89 Å². The summed E-state index contributed by atoms with van der Waals surface area (Å²) in [6.45, 7) is 0. The first-order valence-corrected chi connectivity index (χ1v) is 6.26. The van der Waals surface area contributed by atoms with Gasteiger partial charge in [-0.1, -0.05) is 5.16 Å². The molecule has 2 aromatic heterocycles. The lowest BCUT2D eigenvalue weighted by Crippen LogP contribution is -2.25. The lowest BCUT2D eigenvalue weighted by Gasteiger charge is -2.22. The van der Waals surface area contributed by atoms with Crippen LogP contribution in [0.4, 0.5) is 0 Å². The van der Waals surface area contributed by atoms with Crippen molar-refractivity contribution in [1.29, 1.82) is 5.26 Å². The Morgan fingerprint density at radius 1 is 1.47 bits per heavy atom. The van der Waals surface area contributed by atoms with Gasteiger partial charge in [-0.05, 0) is 31.7 Å². The van der Waals surface area contributed by atoms with Gasteiger partial charge in [-0.25, -0.2) is 0 Å². The highest BCUT2D eigenvalue weighted by molar-refractivity contribution is 5.51. The van der Waals surface area contributed by atoms with Gasteiger partial charge >= 0.3 is 0 Å². The molecule has 0 amide bonds. The van der Waals surface area contributed by atoms with Crippen LogP contribution in [0.25, 0.3) is 11.6 Å². The highest BCUT2D eigenvalue weighted by Crippen LogP contribution is 2.40. The van der Waals surface area contributed by atoms with E-state index in [1.165, 1.54) is 0 Å². The quantitative estimate of drug-likeness (QED) is 0.912. The van der Waals surface area contributed by atoms with Crippen molar-refractivity contribution < 1.29 is 9.26 Å². The van der Waals surface area contributed by atoms with Crippen LogP contribution in [0.3, 0.4) is 0 Å². The van der Waals surface area contributed by atoms with Crippen molar-refractivity contribution in [3.05, 3.63) is 23.7 Å². The number of nitrogens with one attached hydrogen (secondary N) is 1. The van der Waals surface area contributed by atoms with E-state index in [1.54, 1.807) is 19.4 Å². The lowest BCUT2D eigenvalue weighted by atomic mass is 10.0. The molecule has 1 aliphatic carbocycles. The van der Waals surface area contributed by atoms with Crippen molar-refractivity contribution in [3.63, 3.8) is 0 Å². The molecule has 2 heterocycles. The van der Waals surface area contributed by atoms with Gasteiger partial charge in [0.05, 0.1) is 5.56 Å². The van der Waals surface area contributed by atoms with E-state index < -0.39 is 5.60 Å². The minimum atomic E-state index is -0.410. The smallest absolute Gasteiger partial charge is 0.274 e. The monoisotopic (exact) mass is 258 g/mol. The van der Waals surface area contributed by atoms with E-state index >= 15 is 0 Å². The highest BCUT2D eigenvalue weighted by Gasteiger charge is 2.40. The number of ether oxygens (including phenoxy) is 1. The molecule has 0 unspecified atom stereocenters. The summed E-state index contributed by atoms with van der Waals surface area (Å²) in [6.07, 6.45) is 5.66. The first-order valence-electron chi connectivity index (χ1n) is 6.26. The molecule has 0 aromatic carbocycles. The number of H-pyrrole nitrogens is 1. The predicted octanol–water partition coefficient (Wildman–Crippen LogP) is 2.35. The van der Waals surface area contributed by atoms with E-state index in [1.807, 2.05) is 0 Å². The Bertz CT molecular complexity index is 617. The Labute approximate surface area is 110 Å². The van der Waals surface area contributed by atoms with Crippen LogP contribution in [0, 0.1) is 11.3 Å². The van der Waals surface area contributed by atoms with E-state index in [9.17, 15) is 0 Å². The highest BCUT2D eigenvalue weighted by atomic mass is 16.5. The molecule has 19 heavy (non-hydrogen) atoms. The topological polar surface area (TPSA) is 87.7 Å². The zero-order valence-corrected chi connectivity index (χ0v) is 10.6. The molecule has 0 radical (unpaired) electrons. The van der Waals surface area contributed by atoms with Crippen molar-refractivity contribution in [2.24, 2.45) is 0 Å². The Hall–Kier alpha value is -2.13. The molecular formula is C13H14N4O2. The molecule has 0 aliphatic heterocycles. The van der Waals surface area contributed by atoms with Gasteiger partial charge in [0.2, 0.25) is 5.82 Å². The molecule has 6 nitrogen and oxygen atoms in total. The molecule has 98 valence electrons. The molecule has 2 aromatic rings. The summed E-state index contributed by atoms with van der Waals surface area (Å²) < 4.78 is 10.9. The number of hydrogen-bond donors (Lipinski definition) is 1. The fourth-order valence-electron chi connectivity index (χ4n) is 2.57. The number of rotatable bonds is 3. The van der Waals surface area contributed by atoms with Crippen LogP contribution >= 0.6 is 0 Å². The molecule has 3 rings (SSSR count). The number of nitriles is 1. The van der Waals surface area contributed by atoms with E-state index in [-0.39, 0.29) is 0 Å². The van der Waals surface area contributed by atoms with Crippen LogP contribution in [-0.2, 0) is 10.3 Å². The standard InChI is InChI=1S/C13H14N4O2/c1-18-13(4-2-3-5-13)12-16-11(19-17-12)10-6-9(7-14)8-15-10/h6,8,15H,2-5H2,1H3. The van der Waals surface area contributed by atoms with E-state index in [0.717, 1.165) is 25.7 Å². The van der Waals surface area contributed by atoms with E-state index in [2.05, 4.69) is 21.2 Å². The maximum Gasteiger partial charge on any atom is 0.274 e. The van der Waals surface area contributed by atoms with Crippen molar-refractivity contribution in [2.45, 2.75) is 31.3 Å². The predicted molar refractivity (Wildman–Crippen MR) is 66.0 cm³/mol. The van der Waals surface area contributed by atoms with Crippen LogP contribution in [0.1, 0.15) is 37.1 Å². The summed E-state index contributed by atoms with van der Waals surface area (Å²) in [4.78, 5) is 7.36. The van der Waals surface area contributed by atoms with Crippen LogP contribution in [-0.4, -0.2) is 22.2 Å². The largest absolute Gasteiger partial charge is 0.370 e. The van der Waals surface area contributed by atoms with Gasteiger partial charge in [-0.2, -0.15) is 10.2 Å². The summed E-state index contributed by atoms with van der Waals surface area (Å²) in [6, 6.07) is 3.74. The number of hydrogen-bond acceptors (Lipinski definition) is 5. The fourth-order valence-corrected chi connectivity index (χ4v) is 2.57. The summed E-state index contributed by atoms with van der Waals surface area (Å²) in [5, 5.41) is 12.8. The summed E-state index contributed by atoms with van der Waals surface area (Å²) in [7, 11) is 1.68. The van der Waals surface area contributed by atoms with Gasteiger partial charge in [0, 0.05) is 13.3 Å². The van der Waals surface area contributed by atoms with Crippen molar-refractivity contribution in [1.82, 2.24) is 15.1 Å². The minimum absolute atomic E-state index is 0.389. The Morgan fingerprint density at radius 2 is 2.26 bits per heavy atom. The van der Waals surface area contributed by atoms with Gasteiger partial charge in [-0.15, -0.1) is 0 Å². The average molecular weight is 258 g/mol. The van der Waals surface area contributed by atoms with Crippen LogP contribution in [0.15, 0.2) is 16.8 Å². The van der Waals surface area contributed by atoms with Crippen LogP contribution in [0.5, 0.6) is 0 Å². The van der Waals surface area contributed by atoms with Gasteiger partial charge < -0.3 is 14.2 Å². The molecule has 6 heteroatoms. The molecule has 1 aliphatic rings. The summed E-state index contributed by atoms with van der Waals surface area (Å²) in [5.41, 5.74) is 0.781. The second kappa shape index (κ2) is 4.52. The van der Waals surface area contributed by atoms with Gasteiger partial charge in [0.15, 0.2) is 0 Å². The number of nitrogens with zero attached hydrogens (tertiary/aromatic N) is 3. The van der Waals surface area contributed by atoms with Gasteiger partial charge in [-0.3, -0.25) is 0 Å². The fraction of sp³-hybridized carbons (Fsp3) is 0.462. The maximum absolute atomic E-state index is 8.80. The van der Waals surface area contributed by atoms with E-state index in [0.29, 0.717) is 23.0 Å². The van der Waals surface area contributed by atoms with Crippen molar-refractivity contribution in [2.75, 3.05) is 7.11 Å². The number of aromatic nitrogens is 3. The Morgan fingerprint density at radius 3 is 2.89 bits per heavy atom. The summed E-state index contributed by atoms with van der Waals surface area (Å²) in [5.74, 6) is 0.982.